The minimum Gasteiger partial charge on any atom is -0.462 e. The second kappa shape index (κ2) is 13.0. The van der Waals surface area contributed by atoms with Gasteiger partial charge in [-0.3, -0.25) is 14.0 Å². The monoisotopic (exact) mass is 510 g/mol. The lowest BCUT2D eigenvalue weighted by molar-refractivity contribution is -0.115. The summed E-state index contributed by atoms with van der Waals surface area (Å²) in [4.78, 5) is 48.0. The Balaban J connectivity index is 2.28. The van der Waals surface area contributed by atoms with E-state index >= 15 is 0 Å². The molecular formula is C26H30N4O5S. The van der Waals surface area contributed by atoms with Gasteiger partial charge >= 0.3 is 5.97 Å². The summed E-state index contributed by atoms with van der Waals surface area (Å²) in [5, 5.41) is 1.96. The molecule has 10 heteroatoms. The molecule has 3 aromatic rings. The van der Waals surface area contributed by atoms with Gasteiger partial charge in [0.15, 0.2) is 5.49 Å². The zero-order valence-corrected chi connectivity index (χ0v) is 21.5. The molecule has 0 aliphatic carbocycles. The molecule has 0 saturated heterocycles. The Bertz CT molecular complexity index is 1420. The van der Waals surface area contributed by atoms with Gasteiger partial charge in [-0.15, -0.1) is 11.8 Å². The van der Waals surface area contributed by atoms with Crippen LogP contribution in [0.5, 0.6) is 0 Å². The van der Waals surface area contributed by atoms with E-state index < -0.39 is 11.9 Å². The van der Waals surface area contributed by atoms with Gasteiger partial charge in [-0.05, 0) is 50.8 Å². The quantitative estimate of drug-likeness (QED) is 0.168. The van der Waals surface area contributed by atoms with Crippen LogP contribution in [-0.4, -0.2) is 50.9 Å². The van der Waals surface area contributed by atoms with E-state index in [4.69, 9.17) is 9.47 Å². The molecule has 0 aliphatic rings. The highest BCUT2D eigenvalue weighted by atomic mass is 32.2. The van der Waals surface area contributed by atoms with Crippen LogP contribution in [0.2, 0.25) is 0 Å². The number of allylic oxidation sites excluding steroid dienone is 2. The summed E-state index contributed by atoms with van der Waals surface area (Å²) in [6, 6.07) is 6.65. The van der Waals surface area contributed by atoms with Crippen molar-refractivity contribution in [3.8, 4) is 0 Å². The Morgan fingerprint density at radius 2 is 2.11 bits per heavy atom. The van der Waals surface area contributed by atoms with E-state index in [-0.39, 0.29) is 40.5 Å². The van der Waals surface area contributed by atoms with Crippen LogP contribution < -0.4 is 11.0 Å². The first-order valence-electron chi connectivity index (χ1n) is 11.7. The van der Waals surface area contributed by atoms with Crippen molar-refractivity contribution in [2.24, 2.45) is 4.99 Å². The van der Waals surface area contributed by atoms with Crippen molar-refractivity contribution in [3.63, 3.8) is 0 Å². The predicted octanol–water partition coefficient (Wildman–Crippen LogP) is 3.50. The number of carbonyl (C=O) groups excluding carboxylic acids is 2. The number of ether oxygens (including phenoxy) is 2. The van der Waals surface area contributed by atoms with Gasteiger partial charge in [-0.2, -0.15) is 4.99 Å². The van der Waals surface area contributed by atoms with Crippen molar-refractivity contribution in [2.75, 3.05) is 19.0 Å². The van der Waals surface area contributed by atoms with Crippen molar-refractivity contribution in [1.82, 2.24) is 14.0 Å². The van der Waals surface area contributed by atoms with Crippen molar-refractivity contribution in [2.45, 2.75) is 39.8 Å². The number of hydrogen-bond donors (Lipinski definition) is 0. The van der Waals surface area contributed by atoms with Crippen molar-refractivity contribution in [3.05, 3.63) is 76.0 Å². The smallest absolute Gasteiger partial charge is 0.341 e. The third-order valence-corrected chi connectivity index (χ3v) is 5.77. The molecule has 0 saturated carbocycles. The normalized spacial score (nSPS) is 12.2. The van der Waals surface area contributed by atoms with Gasteiger partial charge in [0.2, 0.25) is 0 Å². The lowest BCUT2D eigenvalue weighted by atomic mass is 10.2. The molecule has 0 unspecified atom stereocenters. The number of aryl methyl sites for hydroxylation is 1. The molecule has 0 bridgehead atoms. The number of nitrogens with zero attached hydrogens (tertiary/aromatic N) is 4. The average Bonchev–Trinajstić information content (AvgIpc) is 2.85. The average molecular weight is 511 g/mol. The van der Waals surface area contributed by atoms with Crippen LogP contribution >= 0.6 is 11.8 Å². The highest BCUT2D eigenvalue weighted by Crippen LogP contribution is 2.13. The third kappa shape index (κ3) is 6.58. The van der Waals surface area contributed by atoms with Crippen molar-refractivity contribution in [1.29, 1.82) is 0 Å². The zero-order valence-electron chi connectivity index (χ0n) is 20.7. The molecule has 9 nitrogen and oxygen atoms in total. The summed E-state index contributed by atoms with van der Waals surface area (Å²) in [6.07, 6.45) is 5.54. The summed E-state index contributed by atoms with van der Waals surface area (Å²) in [6.45, 7) is 10.1. The fraction of sp³-hybridized carbons (Fsp3) is 0.346. The molecule has 36 heavy (non-hydrogen) atoms. The van der Waals surface area contributed by atoms with Crippen LogP contribution in [0.25, 0.3) is 16.7 Å². The van der Waals surface area contributed by atoms with E-state index in [1.807, 2.05) is 13.8 Å². The second-order valence-corrected chi connectivity index (χ2v) is 8.88. The molecule has 0 aliphatic heterocycles. The second-order valence-electron chi connectivity index (χ2n) is 7.99. The SMILES string of the molecule is C=C/C=C/SCC(=O)N=c1c(C(=O)OCC)cc2c(=O)n3ccccc3nc2n1CCCOC(C)C. The van der Waals surface area contributed by atoms with Gasteiger partial charge in [0.05, 0.1) is 23.8 Å². The van der Waals surface area contributed by atoms with Crippen LogP contribution in [0.15, 0.2) is 64.4 Å². The van der Waals surface area contributed by atoms with E-state index in [1.54, 1.807) is 53.4 Å². The predicted molar refractivity (Wildman–Crippen MR) is 141 cm³/mol. The molecule has 1 amide bonds. The highest BCUT2D eigenvalue weighted by Gasteiger charge is 2.20. The minimum atomic E-state index is -0.671. The standard InChI is InChI=1S/C26H30N4O5S/c1-5-7-15-36-17-22(31)28-24-20(26(33)34-6-2)16-19-23(30(24)13-10-14-35-18(3)4)27-21-11-8-9-12-29(21)25(19)32/h5,7-9,11-12,15-16,18H,1,6,10,13-14,17H2,2-4H3/b15-7+,28-24?. The molecule has 3 heterocycles. The first kappa shape index (κ1) is 27.1. The van der Waals surface area contributed by atoms with Gasteiger partial charge in [0.25, 0.3) is 11.5 Å². The fourth-order valence-corrected chi connectivity index (χ4v) is 4.02. The molecule has 190 valence electrons. The molecule has 0 spiro atoms. The number of aromatic nitrogens is 3. The van der Waals surface area contributed by atoms with Gasteiger partial charge in [0.1, 0.15) is 16.9 Å². The number of thioether (sulfide) groups is 1. The Kier molecular flexibility index (Phi) is 9.77. The van der Waals surface area contributed by atoms with E-state index in [2.05, 4.69) is 16.6 Å². The molecule has 0 atom stereocenters. The number of pyridine rings is 2. The van der Waals surface area contributed by atoms with Crippen LogP contribution in [0.4, 0.5) is 0 Å². The molecule has 0 radical (unpaired) electrons. The van der Waals surface area contributed by atoms with E-state index in [0.29, 0.717) is 30.9 Å². The molecular weight excluding hydrogens is 480 g/mol. The summed E-state index contributed by atoms with van der Waals surface area (Å²) in [5.74, 6) is -1.05. The van der Waals surface area contributed by atoms with E-state index in [0.717, 1.165) is 0 Å². The van der Waals surface area contributed by atoms with Gasteiger partial charge in [-0.25, -0.2) is 9.78 Å². The number of hydrogen-bond acceptors (Lipinski definition) is 7. The summed E-state index contributed by atoms with van der Waals surface area (Å²) >= 11 is 1.26. The largest absolute Gasteiger partial charge is 0.462 e. The number of fused-ring (bicyclic) bond motifs is 2. The molecule has 3 aromatic heterocycles. The van der Waals surface area contributed by atoms with Gasteiger partial charge in [0, 0.05) is 19.3 Å². The maximum absolute atomic E-state index is 13.3. The summed E-state index contributed by atoms with van der Waals surface area (Å²) in [5.41, 5.74) is 0.569. The Morgan fingerprint density at radius 3 is 2.83 bits per heavy atom. The Hall–Kier alpha value is -3.50. The highest BCUT2D eigenvalue weighted by molar-refractivity contribution is 8.02. The van der Waals surface area contributed by atoms with Crippen molar-refractivity contribution < 1.29 is 19.1 Å². The van der Waals surface area contributed by atoms with E-state index in [1.165, 1.54) is 22.2 Å². The third-order valence-electron chi connectivity index (χ3n) is 5.01. The first-order chi connectivity index (χ1) is 17.4. The van der Waals surface area contributed by atoms with Crippen LogP contribution in [0.1, 0.15) is 37.6 Å². The molecule has 0 fully saturated rings. The number of rotatable bonds is 11. The summed E-state index contributed by atoms with van der Waals surface area (Å²) < 4.78 is 14.0. The number of esters is 1. The molecule has 0 aromatic carbocycles. The lowest BCUT2D eigenvalue weighted by Crippen LogP contribution is -2.33. The first-order valence-corrected chi connectivity index (χ1v) is 12.7. The maximum atomic E-state index is 13.3. The lowest BCUT2D eigenvalue weighted by Gasteiger charge is -2.15. The zero-order chi connectivity index (χ0) is 26.1. The Morgan fingerprint density at radius 1 is 1.31 bits per heavy atom. The number of carbonyl (C=O) groups is 2. The van der Waals surface area contributed by atoms with Crippen molar-refractivity contribution >= 4 is 40.3 Å². The fourth-order valence-electron chi connectivity index (χ4n) is 3.49. The summed E-state index contributed by atoms with van der Waals surface area (Å²) in [7, 11) is 0. The van der Waals surface area contributed by atoms with Crippen LogP contribution in [-0.2, 0) is 20.8 Å². The minimum absolute atomic E-state index is 0.0314. The number of amides is 1. The molecule has 0 N–H and O–H groups in total. The van der Waals surface area contributed by atoms with Crippen LogP contribution in [0, 0.1) is 0 Å². The van der Waals surface area contributed by atoms with Gasteiger partial charge in [-0.1, -0.05) is 24.8 Å². The van der Waals surface area contributed by atoms with Gasteiger partial charge < -0.3 is 14.0 Å². The Labute approximate surface area is 213 Å². The van der Waals surface area contributed by atoms with E-state index in [9.17, 15) is 14.4 Å². The topological polar surface area (TPSA) is 104 Å². The molecule has 3 rings (SSSR count). The maximum Gasteiger partial charge on any atom is 0.341 e. The van der Waals surface area contributed by atoms with Crippen LogP contribution in [0.3, 0.4) is 0 Å².